The Kier molecular flexibility index (Phi) is 3.69. The monoisotopic (exact) mass is 304 g/mol. The number of nitrogens with zero attached hydrogens (tertiary/aromatic N) is 2. The van der Waals surface area contributed by atoms with Crippen LogP contribution in [0.5, 0.6) is 0 Å². The molecule has 90 valence electrons. The summed E-state index contributed by atoms with van der Waals surface area (Å²) in [6.45, 7) is 6.30. The van der Waals surface area contributed by atoms with Crippen molar-refractivity contribution < 1.29 is 5.11 Å². The van der Waals surface area contributed by atoms with E-state index in [1.165, 1.54) is 11.3 Å². The van der Waals surface area contributed by atoms with Crippen LogP contribution in [-0.4, -0.2) is 34.1 Å². The molecule has 1 saturated heterocycles. The molecule has 0 aromatic carbocycles. The second kappa shape index (κ2) is 4.72. The molecule has 0 unspecified atom stereocenters. The highest BCUT2D eigenvalue weighted by Crippen LogP contribution is 2.35. The second-order valence-corrected chi connectivity index (χ2v) is 6.31. The van der Waals surface area contributed by atoms with Crippen LogP contribution in [-0.2, 0) is 5.60 Å². The van der Waals surface area contributed by atoms with Crippen molar-refractivity contribution in [2.24, 2.45) is 0 Å². The fourth-order valence-electron chi connectivity index (χ4n) is 2.09. The van der Waals surface area contributed by atoms with Crippen molar-refractivity contribution in [3.63, 3.8) is 0 Å². The summed E-state index contributed by atoms with van der Waals surface area (Å²) in [6, 6.07) is 0.563. The molecule has 0 spiro atoms. The lowest BCUT2D eigenvalue weighted by atomic mass is 9.91. The minimum Gasteiger partial charge on any atom is -0.383 e. The minimum atomic E-state index is -0.706. The van der Waals surface area contributed by atoms with E-state index in [1.54, 1.807) is 0 Å². The van der Waals surface area contributed by atoms with Crippen LogP contribution >= 0.6 is 27.3 Å². The third-order valence-electron chi connectivity index (χ3n) is 3.23. The van der Waals surface area contributed by atoms with Crippen molar-refractivity contribution in [2.75, 3.05) is 13.1 Å². The molecule has 5 heteroatoms. The summed E-state index contributed by atoms with van der Waals surface area (Å²) in [7, 11) is 0. The summed E-state index contributed by atoms with van der Waals surface area (Å²) >= 11 is 4.87. The molecule has 0 atom stereocenters. The minimum absolute atomic E-state index is 0.563. The summed E-state index contributed by atoms with van der Waals surface area (Å²) < 4.78 is 0.826. The van der Waals surface area contributed by atoms with Gasteiger partial charge in [0.1, 0.15) is 15.2 Å². The molecule has 2 rings (SSSR count). The first-order chi connectivity index (χ1) is 7.51. The van der Waals surface area contributed by atoms with Crippen molar-refractivity contribution in [2.45, 2.75) is 38.3 Å². The average molecular weight is 305 g/mol. The molecule has 16 heavy (non-hydrogen) atoms. The standard InChI is InChI=1S/C11H17BrN2OS/c1-8(2)14-5-3-11(15,4-6-14)10-13-9(12)7-16-10/h7-8,15H,3-6H2,1-2H3. The zero-order valence-corrected chi connectivity index (χ0v) is 12.0. The van der Waals surface area contributed by atoms with Gasteiger partial charge in [-0.05, 0) is 42.6 Å². The van der Waals surface area contributed by atoms with Crippen LogP contribution in [0.15, 0.2) is 9.98 Å². The number of hydrogen-bond acceptors (Lipinski definition) is 4. The molecule has 2 heterocycles. The van der Waals surface area contributed by atoms with E-state index in [0.717, 1.165) is 35.5 Å². The van der Waals surface area contributed by atoms with Crippen LogP contribution < -0.4 is 0 Å². The van der Waals surface area contributed by atoms with Gasteiger partial charge in [-0.15, -0.1) is 11.3 Å². The van der Waals surface area contributed by atoms with E-state index in [0.29, 0.717) is 6.04 Å². The molecule has 1 aliphatic rings. The third kappa shape index (κ3) is 2.47. The predicted molar refractivity (Wildman–Crippen MR) is 69.7 cm³/mol. The van der Waals surface area contributed by atoms with Crippen molar-refractivity contribution in [1.29, 1.82) is 0 Å². The molecule has 0 bridgehead atoms. The summed E-state index contributed by atoms with van der Waals surface area (Å²) in [4.78, 5) is 6.74. The smallest absolute Gasteiger partial charge is 0.126 e. The van der Waals surface area contributed by atoms with Gasteiger partial charge in [0.25, 0.3) is 0 Å². The van der Waals surface area contributed by atoms with E-state index in [9.17, 15) is 5.11 Å². The van der Waals surface area contributed by atoms with Gasteiger partial charge in [0.05, 0.1) is 0 Å². The first-order valence-corrected chi connectivity index (χ1v) is 7.26. The number of piperidine rings is 1. The molecule has 0 saturated carbocycles. The van der Waals surface area contributed by atoms with E-state index >= 15 is 0 Å². The van der Waals surface area contributed by atoms with Gasteiger partial charge < -0.3 is 10.0 Å². The molecule has 0 amide bonds. The summed E-state index contributed by atoms with van der Waals surface area (Å²) in [6.07, 6.45) is 1.57. The maximum Gasteiger partial charge on any atom is 0.126 e. The van der Waals surface area contributed by atoms with Crippen LogP contribution in [0.3, 0.4) is 0 Å². The molecule has 0 radical (unpaired) electrons. The van der Waals surface area contributed by atoms with E-state index in [2.05, 4.69) is 39.7 Å². The number of hydrogen-bond donors (Lipinski definition) is 1. The molecule has 1 aliphatic heterocycles. The van der Waals surface area contributed by atoms with Crippen LogP contribution in [0.4, 0.5) is 0 Å². The van der Waals surface area contributed by atoms with Gasteiger partial charge in [0.15, 0.2) is 0 Å². The topological polar surface area (TPSA) is 36.4 Å². The van der Waals surface area contributed by atoms with E-state index in [1.807, 2.05) is 5.38 Å². The summed E-state index contributed by atoms with van der Waals surface area (Å²) in [5.41, 5.74) is -0.706. The zero-order chi connectivity index (χ0) is 11.8. The number of rotatable bonds is 2. The molecular formula is C11H17BrN2OS. The molecule has 0 aliphatic carbocycles. The Morgan fingerprint density at radius 1 is 1.50 bits per heavy atom. The normalized spacial score (nSPS) is 21.6. The van der Waals surface area contributed by atoms with Crippen molar-refractivity contribution in [1.82, 2.24) is 9.88 Å². The van der Waals surface area contributed by atoms with Crippen LogP contribution in [0, 0.1) is 0 Å². The SMILES string of the molecule is CC(C)N1CCC(O)(c2nc(Br)cs2)CC1. The van der Waals surface area contributed by atoms with Gasteiger partial charge in [-0.2, -0.15) is 0 Å². The fourth-order valence-corrected chi connectivity index (χ4v) is 3.50. The Balaban J connectivity index is 2.06. The highest BCUT2D eigenvalue weighted by Gasteiger charge is 2.36. The third-order valence-corrected chi connectivity index (χ3v) is 4.97. The van der Waals surface area contributed by atoms with Gasteiger partial charge in [-0.1, -0.05) is 0 Å². The number of halogens is 1. The first kappa shape index (κ1) is 12.5. The van der Waals surface area contributed by atoms with Gasteiger partial charge in [0.2, 0.25) is 0 Å². The maximum atomic E-state index is 10.6. The Labute approximate surface area is 109 Å². The molecule has 1 aromatic heterocycles. The number of aliphatic hydroxyl groups is 1. The molecule has 3 nitrogen and oxygen atoms in total. The quantitative estimate of drug-likeness (QED) is 0.912. The lowest BCUT2D eigenvalue weighted by molar-refractivity contribution is -0.0325. The van der Waals surface area contributed by atoms with Crippen molar-refractivity contribution in [3.8, 4) is 0 Å². The van der Waals surface area contributed by atoms with E-state index in [4.69, 9.17) is 0 Å². The number of aromatic nitrogens is 1. The molecular weight excluding hydrogens is 288 g/mol. The number of likely N-dealkylation sites (tertiary alicyclic amines) is 1. The van der Waals surface area contributed by atoms with E-state index in [-0.39, 0.29) is 0 Å². The second-order valence-electron chi connectivity index (χ2n) is 4.64. The van der Waals surface area contributed by atoms with Gasteiger partial charge in [-0.3, -0.25) is 0 Å². The number of thiazole rings is 1. The Morgan fingerprint density at radius 3 is 2.56 bits per heavy atom. The highest BCUT2D eigenvalue weighted by molar-refractivity contribution is 9.10. The predicted octanol–water partition coefficient (Wildman–Crippen LogP) is 2.60. The molecule has 1 aromatic rings. The largest absolute Gasteiger partial charge is 0.383 e. The average Bonchev–Trinajstić information content (AvgIpc) is 2.66. The zero-order valence-electron chi connectivity index (χ0n) is 9.61. The fraction of sp³-hybridized carbons (Fsp3) is 0.727. The summed E-state index contributed by atoms with van der Waals surface area (Å²) in [5.74, 6) is 0. The first-order valence-electron chi connectivity index (χ1n) is 5.59. The Bertz CT molecular complexity index is 359. The highest BCUT2D eigenvalue weighted by atomic mass is 79.9. The lowest BCUT2D eigenvalue weighted by Crippen LogP contribution is -2.45. The van der Waals surface area contributed by atoms with Crippen LogP contribution in [0.25, 0.3) is 0 Å². The van der Waals surface area contributed by atoms with Gasteiger partial charge in [-0.25, -0.2) is 4.98 Å². The molecule has 1 N–H and O–H groups in total. The van der Waals surface area contributed by atoms with Crippen molar-refractivity contribution in [3.05, 3.63) is 15.0 Å². The Morgan fingerprint density at radius 2 is 2.12 bits per heavy atom. The van der Waals surface area contributed by atoms with Gasteiger partial charge in [0, 0.05) is 24.5 Å². The van der Waals surface area contributed by atoms with Crippen LogP contribution in [0.2, 0.25) is 0 Å². The molecule has 1 fully saturated rings. The lowest BCUT2D eigenvalue weighted by Gasteiger charge is -2.38. The van der Waals surface area contributed by atoms with E-state index < -0.39 is 5.60 Å². The van der Waals surface area contributed by atoms with Crippen LogP contribution in [0.1, 0.15) is 31.7 Å². The van der Waals surface area contributed by atoms with Crippen molar-refractivity contribution >= 4 is 27.3 Å². The summed E-state index contributed by atoms with van der Waals surface area (Å²) in [5, 5.41) is 13.3. The Hall–Kier alpha value is 0.0300. The maximum absolute atomic E-state index is 10.6. The van der Waals surface area contributed by atoms with Gasteiger partial charge >= 0.3 is 0 Å².